The van der Waals surface area contributed by atoms with Crippen LogP contribution in [0.5, 0.6) is 34.5 Å². The van der Waals surface area contributed by atoms with E-state index < -0.39 is 49.6 Å². The topological polar surface area (TPSA) is 147 Å². The number of aromatic hydroxyl groups is 3. The number of ether oxygens (including phenoxy) is 2. The third kappa shape index (κ3) is 2.54. The Bertz CT molecular complexity index is 1960. The van der Waals surface area contributed by atoms with Gasteiger partial charge in [-0.25, -0.2) is 0 Å². The van der Waals surface area contributed by atoms with Crippen molar-refractivity contribution in [3.63, 3.8) is 0 Å². The Labute approximate surface area is 202 Å². The number of phenols is 3. The Morgan fingerprint density at radius 1 is 0.639 bits per heavy atom. The van der Waals surface area contributed by atoms with E-state index in [4.69, 9.17) is 9.47 Å². The molecule has 3 aliphatic rings. The van der Waals surface area contributed by atoms with Crippen LogP contribution in [0.25, 0.3) is 10.8 Å². The largest absolute Gasteiger partial charge is 0.507 e. The molecule has 2 aromatic rings. The molecule has 0 fully saturated rings. The van der Waals surface area contributed by atoms with Crippen LogP contribution in [-0.2, 0) is 0 Å². The van der Waals surface area contributed by atoms with Gasteiger partial charge in [0, 0.05) is 22.6 Å². The third-order valence-electron chi connectivity index (χ3n) is 7.54. The molecule has 9 nitrogen and oxygen atoms in total. The van der Waals surface area contributed by atoms with Crippen LogP contribution in [0.3, 0.4) is 0 Å². The molecule has 1 aliphatic heterocycles. The van der Waals surface area contributed by atoms with Gasteiger partial charge in [0.15, 0.2) is 33.5 Å². The fraction of sp³-hybridized carbons (Fsp3) is 0.259. The van der Waals surface area contributed by atoms with Crippen molar-refractivity contribution < 1.29 is 24.8 Å². The van der Waals surface area contributed by atoms with Gasteiger partial charge in [-0.3, -0.25) is 19.2 Å². The lowest BCUT2D eigenvalue weighted by atomic mass is 9.84. The first-order valence-electron chi connectivity index (χ1n) is 11.2. The lowest BCUT2D eigenvalue weighted by molar-refractivity contribution is 0.359. The molecule has 0 saturated heterocycles. The first kappa shape index (κ1) is 23.3. The molecule has 1 atom stereocenters. The summed E-state index contributed by atoms with van der Waals surface area (Å²) in [7, 11) is 1.27. The maximum absolute atomic E-state index is 13.6. The quantitative estimate of drug-likeness (QED) is 0.342. The van der Waals surface area contributed by atoms with E-state index in [1.165, 1.54) is 21.0 Å². The SMILES string of the molecule is COc1c2c(c3c(O)c(C)c(C)c(O)c3c1O)Oc1c(c(=O)c3c(=O)c(C)c(C)c(=O)c=3c1=O)C2C. The van der Waals surface area contributed by atoms with E-state index in [9.17, 15) is 34.5 Å². The number of fused-ring (bicyclic) bond motifs is 4. The van der Waals surface area contributed by atoms with Crippen LogP contribution in [0.4, 0.5) is 0 Å². The van der Waals surface area contributed by atoms with Crippen LogP contribution >= 0.6 is 0 Å². The van der Waals surface area contributed by atoms with E-state index >= 15 is 0 Å². The number of phenolic OH excluding ortho intramolecular Hbond substituents is 3. The molecule has 2 aromatic carbocycles. The van der Waals surface area contributed by atoms with Crippen LogP contribution < -0.4 is 31.2 Å². The molecule has 0 saturated carbocycles. The molecule has 1 heterocycles. The molecule has 2 aliphatic carbocycles. The van der Waals surface area contributed by atoms with Crippen molar-refractivity contribution in [1.29, 1.82) is 0 Å². The van der Waals surface area contributed by atoms with E-state index in [1.54, 1.807) is 20.8 Å². The van der Waals surface area contributed by atoms with Crippen molar-refractivity contribution in [2.45, 2.75) is 40.5 Å². The van der Waals surface area contributed by atoms with Crippen LogP contribution in [0, 0.1) is 38.1 Å². The maximum Gasteiger partial charge on any atom is 0.233 e. The standard InChI is InChI=1S/C27H22O9/c1-7-8(2)19(29)15-14(18(7)28)22(32)12-11(5)13-25(36-27(12)24(15)34)17-16(23(33)26(13)35-6)20(30)9(3)10(4)21(17)31/h11,30-31,33H,1-6H3. The van der Waals surface area contributed by atoms with Crippen LogP contribution in [0.15, 0.2) is 19.2 Å². The van der Waals surface area contributed by atoms with Crippen molar-refractivity contribution in [1.82, 2.24) is 0 Å². The Morgan fingerprint density at radius 3 is 1.67 bits per heavy atom. The molecular weight excluding hydrogens is 468 g/mol. The molecule has 0 bridgehead atoms. The highest BCUT2D eigenvalue weighted by atomic mass is 16.5. The summed E-state index contributed by atoms with van der Waals surface area (Å²) in [6.45, 7) is 7.50. The molecule has 0 spiro atoms. The van der Waals surface area contributed by atoms with Gasteiger partial charge < -0.3 is 24.8 Å². The second-order valence-corrected chi connectivity index (χ2v) is 9.20. The van der Waals surface area contributed by atoms with Crippen molar-refractivity contribution in [3.05, 3.63) is 84.7 Å². The zero-order valence-electron chi connectivity index (χ0n) is 20.4. The normalized spacial score (nSPS) is 14.6. The monoisotopic (exact) mass is 490 g/mol. The van der Waals surface area contributed by atoms with Gasteiger partial charge >= 0.3 is 0 Å². The molecule has 3 N–H and O–H groups in total. The van der Waals surface area contributed by atoms with E-state index in [-0.39, 0.29) is 56.0 Å². The van der Waals surface area contributed by atoms with Gasteiger partial charge in [0.2, 0.25) is 5.43 Å². The predicted molar refractivity (Wildman–Crippen MR) is 131 cm³/mol. The highest BCUT2D eigenvalue weighted by molar-refractivity contribution is 6.06. The van der Waals surface area contributed by atoms with Gasteiger partial charge in [0.05, 0.1) is 33.9 Å². The Balaban J connectivity index is 2.07. The first-order chi connectivity index (χ1) is 16.9. The van der Waals surface area contributed by atoms with Gasteiger partial charge in [0.1, 0.15) is 17.2 Å². The van der Waals surface area contributed by atoms with Gasteiger partial charge in [0.25, 0.3) is 0 Å². The number of rotatable bonds is 1. The van der Waals surface area contributed by atoms with Gasteiger partial charge in [-0.2, -0.15) is 0 Å². The molecule has 0 radical (unpaired) electrons. The first-order valence-corrected chi connectivity index (χ1v) is 11.2. The second kappa shape index (κ2) is 7.30. The summed E-state index contributed by atoms with van der Waals surface area (Å²) >= 11 is 0. The highest BCUT2D eigenvalue weighted by Gasteiger charge is 2.38. The van der Waals surface area contributed by atoms with Gasteiger partial charge in [-0.15, -0.1) is 0 Å². The molecule has 1 unspecified atom stereocenters. The number of benzene rings is 2. The van der Waals surface area contributed by atoms with Crippen LogP contribution in [-0.4, -0.2) is 22.4 Å². The zero-order chi connectivity index (χ0) is 26.5. The molecule has 0 aromatic heterocycles. The Hall–Kier alpha value is -4.40. The van der Waals surface area contributed by atoms with Crippen LogP contribution in [0.1, 0.15) is 46.2 Å². The van der Waals surface area contributed by atoms with Gasteiger partial charge in [-0.05, 0) is 38.8 Å². The molecular formula is C27H22O9. The van der Waals surface area contributed by atoms with Crippen molar-refractivity contribution in [3.8, 4) is 34.5 Å². The summed E-state index contributed by atoms with van der Waals surface area (Å²) in [4.78, 5) is 53.1. The maximum atomic E-state index is 13.6. The lowest BCUT2D eigenvalue weighted by Gasteiger charge is -2.29. The third-order valence-corrected chi connectivity index (χ3v) is 7.54. The average molecular weight is 490 g/mol. The minimum Gasteiger partial charge on any atom is -0.507 e. The molecule has 9 heteroatoms. The summed E-state index contributed by atoms with van der Waals surface area (Å²) in [6.07, 6.45) is 0. The Kier molecular flexibility index (Phi) is 4.73. The Morgan fingerprint density at radius 2 is 1.14 bits per heavy atom. The molecule has 36 heavy (non-hydrogen) atoms. The van der Waals surface area contributed by atoms with Crippen molar-refractivity contribution >= 4 is 10.8 Å². The smallest absolute Gasteiger partial charge is 0.233 e. The summed E-state index contributed by atoms with van der Waals surface area (Å²) < 4.78 is 11.4. The predicted octanol–water partition coefficient (Wildman–Crippen LogP) is 2.50. The van der Waals surface area contributed by atoms with E-state index in [2.05, 4.69) is 0 Å². The fourth-order valence-corrected chi connectivity index (χ4v) is 5.19. The summed E-state index contributed by atoms with van der Waals surface area (Å²) in [5.41, 5.74) is -2.42. The van der Waals surface area contributed by atoms with Crippen LogP contribution in [0.2, 0.25) is 0 Å². The zero-order valence-corrected chi connectivity index (χ0v) is 20.4. The minimum absolute atomic E-state index is 0.0684. The lowest BCUT2D eigenvalue weighted by Crippen LogP contribution is -2.35. The van der Waals surface area contributed by atoms with Gasteiger partial charge in [-0.1, -0.05) is 6.92 Å². The summed E-state index contributed by atoms with van der Waals surface area (Å²) in [5.74, 6) is -2.75. The molecule has 5 rings (SSSR count). The number of hydrogen-bond acceptors (Lipinski definition) is 9. The van der Waals surface area contributed by atoms with Crippen molar-refractivity contribution in [2.24, 2.45) is 0 Å². The number of hydrogen-bond donors (Lipinski definition) is 3. The van der Waals surface area contributed by atoms with E-state index in [0.29, 0.717) is 11.1 Å². The summed E-state index contributed by atoms with van der Waals surface area (Å²) in [5, 5.41) is 31.6. The summed E-state index contributed by atoms with van der Waals surface area (Å²) in [6, 6.07) is 0. The molecule has 184 valence electrons. The number of methoxy groups -OCH3 is 1. The second-order valence-electron chi connectivity index (χ2n) is 9.20. The van der Waals surface area contributed by atoms with Crippen molar-refractivity contribution in [2.75, 3.05) is 7.11 Å². The minimum atomic E-state index is -0.946. The van der Waals surface area contributed by atoms with E-state index in [1.807, 2.05) is 0 Å². The van der Waals surface area contributed by atoms with E-state index in [0.717, 1.165) is 0 Å². The average Bonchev–Trinajstić information content (AvgIpc) is 2.85. The highest BCUT2D eigenvalue weighted by Crippen LogP contribution is 2.58. The fourth-order valence-electron chi connectivity index (χ4n) is 5.19. The molecule has 0 amide bonds.